The van der Waals surface area contributed by atoms with E-state index < -0.39 is 38.0 Å². The van der Waals surface area contributed by atoms with Crippen LogP contribution in [0.25, 0.3) is 0 Å². The van der Waals surface area contributed by atoms with E-state index >= 15 is 0 Å². The Balaban J connectivity index is 4.59. The molecule has 0 aliphatic carbocycles. The highest BCUT2D eigenvalue weighted by molar-refractivity contribution is 7.64. The van der Waals surface area contributed by atoms with E-state index in [0.717, 1.165) is 6.92 Å². The fourth-order valence-corrected chi connectivity index (χ4v) is 2.80. The molecule has 0 rings (SSSR count). The van der Waals surface area contributed by atoms with Crippen LogP contribution in [-0.2, 0) is 4.57 Å². The van der Waals surface area contributed by atoms with Crippen LogP contribution in [0.4, 0.5) is 26.3 Å². The summed E-state index contributed by atoms with van der Waals surface area (Å²) in [6.45, 7) is 1.07. The summed E-state index contributed by atoms with van der Waals surface area (Å²) >= 11 is 0. The lowest BCUT2D eigenvalue weighted by Crippen LogP contribution is -2.23. The molecule has 14 heavy (non-hydrogen) atoms. The van der Waals surface area contributed by atoms with Crippen LogP contribution in [0.1, 0.15) is 6.92 Å². The standard InChI is InChI=1S/C6H9F6OP/c1-2-14(13,3-5(7,8)9)4-6(10,11)12/h2-4H2,1H3. The molecule has 86 valence electrons. The van der Waals surface area contributed by atoms with Crippen molar-refractivity contribution in [3.8, 4) is 0 Å². The van der Waals surface area contributed by atoms with Crippen LogP contribution in [0.2, 0.25) is 0 Å². The van der Waals surface area contributed by atoms with E-state index in [1.807, 2.05) is 0 Å². The topological polar surface area (TPSA) is 17.1 Å². The molecule has 0 aliphatic rings. The maximum atomic E-state index is 11.8. The van der Waals surface area contributed by atoms with E-state index in [1.165, 1.54) is 0 Å². The van der Waals surface area contributed by atoms with Gasteiger partial charge in [0.2, 0.25) is 0 Å². The molecule has 1 nitrogen and oxygen atoms in total. The predicted molar refractivity (Wildman–Crippen MR) is 40.0 cm³/mol. The van der Waals surface area contributed by atoms with E-state index in [0.29, 0.717) is 0 Å². The maximum Gasteiger partial charge on any atom is 0.395 e. The van der Waals surface area contributed by atoms with Crippen molar-refractivity contribution in [3.05, 3.63) is 0 Å². The minimum absolute atomic E-state index is 0.591. The molecule has 0 saturated heterocycles. The lowest BCUT2D eigenvalue weighted by Gasteiger charge is -2.19. The molecular formula is C6H9F6OP. The minimum Gasteiger partial charge on any atom is -0.323 e. The van der Waals surface area contributed by atoms with Gasteiger partial charge >= 0.3 is 12.4 Å². The molecule has 0 spiro atoms. The second kappa shape index (κ2) is 4.13. The Bertz CT molecular complexity index is 209. The fourth-order valence-electron chi connectivity index (χ4n) is 0.933. The highest BCUT2D eigenvalue weighted by Crippen LogP contribution is 2.52. The number of hydrogen-bond donors (Lipinski definition) is 0. The third-order valence-electron chi connectivity index (χ3n) is 1.51. The molecule has 0 unspecified atom stereocenters. The molecule has 8 heteroatoms. The molecule has 0 radical (unpaired) electrons. The van der Waals surface area contributed by atoms with E-state index in [9.17, 15) is 30.9 Å². The monoisotopic (exact) mass is 242 g/mol. The second-order valence-electron chi connectivity index (χ2n) is 2.92. The van der Waals surface area contributed by atoms with Gasteiger partial charge < -0.3 is 4.57 Å². The number of rotatable bonds is 3. The smallest absolute Gasteiger partial charge is 0.323 e. The van der Waals surface area contributed by atoms with E-state index in [-0.39, 0.29) is 0 Å². The molecule has 0 aromatic heterocycles. The predicted octanol–water partition coefficient (Wildman–Crippen LogP) is 3.49. The van der Waals surface area contributed by atoms with Crippen LogP contribution in [0.15, 0.2) is 0 Å². The van der Waals surface area contributed by atoms with Gasteiger partial charge in [0.1, 0.15) is 7.14 Å². The van der Waals surface area contributed by atoms with Crippen molar-refractivity contribution in [2.45, 2.75) is 19.3 Å². The fraction of sp³-hybridized carbons (Fsp3) is 1.00. The van der Waals surface area contributed by atoms with Crippen LogP contribution in [0, 0.1) is 0 Å². The third-order valence-corrected chi connectivity index (χ3v) is 4.53. The summed E-state index contributed by atoms with van der Waals surface area (Å²) < 4.78 is 81.8. The average molecular weight is 242 g/mol. The van der Waals surface area contributed by atoms with Gasteiger partial charge in [-0.2, -0.15) is 26.3 Å². The van der Waals surface area contributed by atoms with Crippen LogP contribution in [0.3, 0.4) is 0 Å². The van der Waals surface area contributed by atoms with Crippen molar-refractivity contribution in [1.29, 1.82) is 0 Å². The molecule has 0 fully saturated rings. The molecule has 0 aromatic rings. The van der Waals surface area contributed by atoms with Gasteiger partial charge in [0.25, 0.3) is 0 Å². The summed E-state index contributed by atoms with van der Waals surface area (Å²) in [4.78, 5) is 0. The lowest BCUT2D eigenvalue weighted by molar-refractivity contribution is -0.112. The quantitative estimate of drug-likeness (QED) is 0.546. The highest BCUT2D eigenvalue weighted by Gasteiger charge is 2.44. The minimum atomic E-state index is -4.81. The van der Waals surface area contributed by atoms with Crippen LogP contribution in [0.5, 0.6) is 0 Å². The summed E-state index contributed by atoms with van der Waals surface area (Å²) in [5.41, 5.74) is 0. The second-order valence-corrected chi connectivity index (χ2v) is 6.30. The zero-order chi connectivity index (χ0) is 11.6. The normalized spacial score (nSPS) is 14.5. The van der Waals surface area contributed by atoms with E-state index in [1.54, 1.807) is 0 Å². The molecular weight excluding hydrogens is 233 g/mol. The summed E-state index contributed by atoms with van der Waals surface area (Å²) in [5.74, 6) is 0. The van der Waals surface area contributed by atoms with Crippen molar-refractivity contribution in [2.75, 3.05) is 18.5 Å². The Hall–Kier alpha value is -0.190. The first-order valence-corrected chi connectivity index (χ1v) is 5.94. The summed E-state index contributed by atoms with van der Waals surface area (Å²) in [6, 6.07) is 0. The number of hydrogen-bond acceptors (Lipinski definition) is 1. The lowest BCUT2D eigenvalue weighted by atomic mass is 10.8. The van der Waals surface area contributed by atoms with Gasteiger partial charge in [0.15, 0.2) is 0 Å². The molecule has 0 bridgehead atoms. The van der Waals surface area contributed by atoms with Crippen LogP contribution < -0.4 is 0 Å². The van der Waals surface area contributed by atoms with Gasteiger partial charge in [0.05, 0.1) is 12.3 Å². The molecule has 0 atom stereocenters. The van der Waals surface area contributed by atoms with Gasteiger partial charge in [0, 0.05) is 0 Å². The SMILES string of the molecule is CCP(=O)(CC(F)(F)F)CC(F)(F)F. The molecule has 0 heterocycles. The number of halogens is 6. The first-order valence-electron chi connectivity index (χ1n) is 3.68. The van der Waals surface area contributed by atoms with Crippen LogP contribution >= 0.6 is 7.14 Å². The first kappa shape index (κ1) is 13.8. The Kier molecular flexibility index (Phi) is 4.07. The summed E-state index contributed by atoms with van der Waals surface area (Å²) in [6.07, 6.45) is -13.9. The van der Waals surface area contributed by atoms with Crippen molar-refractivity contribution < 1.29 is 30.9 Å². The average Bonchev–Trinajstić information content (AvgIpc) is 1.78. The van der Waals surface area contributed by atoms with Crippen LogP contribution in [-0.4, -0.2) is 30.8 Å². The van der Waals surface area contributed by atoms with Gasteiger partial charge in [-0.3, -0.25) is 0 Å². The first-order chi connectivity index (χ1) is 5.97. The largest absolute Gasteiger partial charge is 0.395 e. The molecule has 0 aromatic carbocycles. The van der Waals surface area contributed by atoms with Crippen molar-refractivity contribution in [3.63, 3.8) is 0 Å². The van der Waals surface area contributed by atoms with E-state index in [2.05, 4.69) is 0 Å². The van der Waals surface area contributed by atoms with Gasteiger partial charge in [-0.15, -0.1) is 0 Å². The van der Waals surface area contributed by atoms with Crippen molar-refractivity contribution >= 4 is 7.14 Å². The molecule has 0 saturated carbocycles. The third kappa shape index (κ3) is 6.29. The molecule has 0 amide bonds. The van der Waals surface area contributed by atoms with Crippen molar-refractivity contribution in [1.82, 2.24) is 0 Å². The van der Waals surface area contributed by atoms with Gasteiger partial charge in [-0.05, 0) is 6.16 Å². The molecule has 0 aliphatic heterocycles. The summed E-state index contributed by atoms with van der Waals surface area (Å²) in [5, 5.41) is 0. The zero-order valence-corrected chi connectivity index (χ0v) is 8.14. The molecule has 0 N–H and O–H groups in total. The Morgan fingerprint density at radius 3 is 1.36 bits per heavy atom. The maximum absolute atomic E-state index is 11.8. The Morgan fingerprint density at radius 2 is 1.21 bits per heavy atom. The van der Waals surface area contributed by atoms with Crippen molar-refractivity contribution in [2.24, 2.45) is 0 Å². The summed E-state index contributed by atoms with van der Waals surface area (Å²) in [7, 11) is -4.19. The number of alkyl halides is 6. The highest BCUT2D eigenvalue weighted by atomic mass is 31.2. The van der Waals surface area contributed by atoms with Gasteiger partial charge in [-0.1, -0.05) is 6.92 Å². The van der Waals surface area contributed by atoms with E-state index in [4.69, 9.17) is 0 Å². The zero-order valence-electron chi connectivity index (χ0n) is 7.24. The Morgan fingerprint density at radius 1 is 0.929 bits per heavy atom. The Labute approximate surface area is 76.8 Å². The van der Waals surface area contributed by atoms with Gasteiger partial charge in [-0.25, -0.2) is 0 Å².